The van der Waals surface area contributed by atoms with Crippen LogP contribution in [-0.4, -0.2) is 12.5 Å². The van der Waals surface area contributed by atoms with Crippen molar-refractivity contribution in [2.24, 2.45) is 0 Å². The monoisotopic (exact) mass is 287 g/mol. The van der Waals surface area contributed by atoms with Gasteiger partial charge in [0.25, 0.3) is 0 Å². The van der Waals surface area contributed by atoms with E-state index in [2.05, 4.69) is 5.32 Å². The second-order valence-electron chi connectivity index (χ2n) is 4.85. The molecule has 0 atom stereocenters. The first-order chi connectivity index (χ1) is 9.74. The number of hydrogen-bond acceptors (Lipinski definition) is 4. The summed E-state index contributed by atoms with van der Waals surface area (Å²) in [4.78, 5) is 14.7. The topological polar surface area (TPSA) is 58.4 Å². The normalized spacial score (nSPS) is 14.8. The summed E-state index contributed by atoms with van der Waals surface area (Å²) < 4.78 is 0. The predicted octanol–water partition coefficient (Wildman–Crippen LogP) is 3.07. The van der Waals surface area contributed by atoms with Crippen molar-refractivity contribution in [3.8, 4) is 0 Å². The zero-order chi connectivity index (χ0) is 13.9. The first-order valence-corrected chi connectivity index (χ1v) is 7.58. The van der Waals surface area contributed by atoms with Crippen molar-refractivity contribution in [3.05, 3.63) is 40.6 Å². The van der Waals surface area contributed by atoms with Crippen LogP contribution in [0, 0.1) is 0 Å². The average molecular weight is 287 g/mol. The molecule has 0 radical (unpaired) electrons. The van der Waals surface area contributed by atoms with Crippen LogP contribution in [0.4, 0.5) is 17.1 Å². The largest absolute Gasteiger partial charge is 0.398 e. The van der Waals surface area contributed by atoms with E-state index >= 15 is 0 Å². The third-order valence-corrected chi connectivity index (χ3v) is 4.40. The third-order valence-electron chi connectivity index (χ3n) is 3.46. The highest BCUT2D eigenvalue weighted by molar-refractivity contribution is 7.10. The number of carbonyl (C=O) groups is 1. The van der Waals surface area contributed by atoms with Crippen molar-refractivity contribution in [1.29, 1.82) is 0 Å². The summed E-state index contributed by atoms with van der Waals surface area (Å²) in [5.41, 5.74) is 8.68. The summed E-state index contributed by atoms with van der Waals surface area (Å²) in [5, 5.41) is 5.35. The van der Waals surface area contributed by atoms with Crippen molar-refractivity contribution < 1.29 is 4.79 Å². The average Bonchev–Trinajstić information content (AvgIpc) is 3.05. The lowest BCUT2D eigenvalue weighted by atomic mass is 10.2. The van der Waals surface area contributed by atoms with E-state index in [1.807, 2.05) is 40.6 Å². The van der Waals surface area contributed by atoms with Gasteiger partial charge in [0.2, 0.25) is 5.91 Å². The smallest absolute Gasteiger partial charge is 0.227 e. The molecular weight excluding hydrogens is 270 g/mol. The summed E-state index contributed by atoms with van der Waals surface area (Å²) in [6.07, 6.45) is 1.60. The van der Waals surface area contributed by atoms with E-state index in [0.717, 1.165) is 34.9 Å². The van der Waals surface area contributed by atoms with Gasteiger partial charge in [-0.1, -0.05) is 6.07 Å². The second-order valence-corrected chi connectivity index (χ2v) is 5.85. The third kappa shape index (κ3) is 2.63. The molecule has 3 rings (SSSR count). The fourth-order valence-corrected chi connectivity index (χ4v) is 3.12. The Morgan fingerprint density at radius 3 is 2.95 bits per heavy atom. The number of amides is 1. The highest BCUT2D eigenvalue weighted by Crippen LogP contribution is 2.25. The summed E-state index contributed by atoms with van der Waals surface area (Å²) in [6.45, 7) is 1.53. The molecule has 1 fully saturated rings. The Morgan fingerprint density at radius 2 is 2.25 bits per heavy atom. The van der Waals surface area contributed by atoms with Gasteiger partial charge < -0.3 is 16.0 Å². The van der Waals surface area contributed by atoms with Gasteiger partial charge in [-0.25, -0.2) is 0 Å². The van der Waals surface area contributed by atoms with Gasteiger partial charge in [0.15, 0.2) is 0 Å². The molecule has 1 aliphatic rings. The van der Waals surface area contributed by atoms with Gasteiger partial charge in [-0.15, -0.1) is 11.3 Å². The number of nitrogens with one attached hydrogen (secondary N) is 1. The highest BCUT2D eigenvalue weighted by Gasteiger charge is 2.21. The zero-order valence-corrected chi connectivity index (χ0v) is 12.0. The van der Waals surface area contributed by atoms with Gasteiger partial charge in [0.05, 0.1) is 6.54 Å². The van der Waals surface area contributed by atoms with Crippen LogP contribution in [-0.2, 0) is 11.3 Å². The van der Waals surface area contributed by atoms with Crippen molar-refractivity contribution in [2.75, 3.05) is 22.5 Å². The van der Waals surface area contributed by atoms with E-state index in [4.69, 9.17) is 5.73 Å². The van der Waals surface area contributed by atoms with Crippen LogP contribution < -0.4 is 16.0 Å². The summed E-state index contributed by atoms with van der Waals surface area (Å²) in [5.74, 6) is 0.213. The minimum atomic E-state index is 0.213. The van der Waals surface area contributed by atoms with Crippen LogP contribution in [0.25, 0.3) is 0 Å². The number of benzene rings is 1. The van der Waals surface area contributed by atoms with Crippen molar-refractivity contribution in [1.82, 2.24) is 0 Å². The lowest BCUT2D eigenvalue weighted by Crippen LogP contribution is -2.23. The molecule has 3 N–H and O–H groups in total. The van der Waals surface area contributed by atoms with E-state index in [1.165, 1.54) is 0 Å². The maximum Gasteiger partial charge on any atom is 0.227 e. The fraction of sp³-hybridized carbons (Fsp3) is 0.267. The lowest BCUT2D eigenvalue weighted by Gasteiger charge is -2.17. The van der Waals surface area contributed by atoms with Crippen LogP contribution in [0.1, 0.15) is 17.7 Å². The number of nitrogens with zero attached hydrogens (tertiary/aromatic N) is 1. The van der Waals surface area contributed by atoms with Gasteiger partial charge in [-0.05, 0) is 36.1 Å². The Morgan fingerprint density at radius 1 is 1.35 bits per heavy atom. The molecule has 1 amide bonds. The van der Waals surface area contributed by atoms with Gasteiger partial charge in [0.1, 0.15) is 0 Å². The molecule has 4 nitrogen and oxygen atoms in total. The van der Waals surface area contributed by atoms with E-state index < -0.39 is 0 Å². The zero-order valence-electron chi connectivity index (χ0n) is 11.1. The van der Waals surface area contributed by atoms with Crippen LogP contribution in [0.2, 0.25) is 0 Å². The Hall–Kier alpha value is -2.01. The van der Waals surface area contributed by atoms with E-state index in [1.54, 1.807) is 11.3 Å². The summed E-state index contributed by atoms with van der Waals surface area (Å²) >= 11 is 1.65. The number of hydrogen-bond donors (Lipinski definition) is 2. The number of thiophene rings is 1. The molecule has 1 saturated heterocycles. The molecule has 5 heteroatoms. The maximum absolute atomic E-state index is 11.8. The quantitative estimate of drug-likeness (QED) is 0.908. The second kappa shape index (κ2) is 5.54. The Bertz CT molecular complexity index is 623. The lowest BCUT2D eigenvalue weighted by molar-refractivity contribution is -0.117. The van der Waals surface area contributed by atoms with Crippen molar-refractivity contribution in [3.63, 3.8) is 0 Å². The predicted molar refractivity (Wildman–Crippen MR) is 84.1 cm³/mol. The molecule has 2 aromatic rings. The number of nitrogen functional groups attached to an aromatic ring is 1. The number of nitrogens with two attached hydrogens (primary N) is 1. The Labute approximate surface area is 122 Å². The van der Waals surface area contributed by atoms with Crippen LogP contribution in [0.3, 0.4) is 0 Å². The van der Waals surface area contributed by atoms with Crippen molar-refractivity contribution >= 4 is 34.3 Å². The molecule has 0 aliphatic carbocycles. The van der Waals surface area contributed by atoms with Gasteiger partial charge in [-0.2, -0.15) is 0 Å². The molecule has 0 bridgehead atoms. The van der Waals surface area contributed by atoms with E-state index in [0.29, 0.717) is 13.0 Å². The molecule has 0 unspecified atom stereocenters. The number of rotatable bonds is 4. The SMILES string of the molecule is Nc1ccsc1CNc1cccc(N2CCCC2=O)c1. The van der Waals surface area contributed by atoms with Gasteiger partial charge >= 0.3 is 0 Å². The Balaban J connectivity index is 1.71. The van der Waals surface area contributed by atoms with Crippen molar-refractivity contribution in [2.45, 2.75) is 19.4 Å². The van der Waals surface area contributed by atoms with Crippen LogP contribution in [0.5, 0.6) is 0 Å². The minimum Gasteiger partial charge on any atom is -0.398 e. The molecule has 0 saturated carbocycles. The van der Waals surface area contributed by atoms with E-state index in [-0.39, 0.29) is 5.91 Å². The Kier molecular flexibility index (Phi) is 3.60. The number of anilines is 3. The molecule has 0 spiro atoms. The standard InChI is InChI=1S/C15H17N3OS/c16-13-6-8-20-14(13)10-17-11-3-1-4-12(9-11)18-7-2-5-15(18)19/h1,3-4,6,8-9,17H,2,5,7,10,16H2. The molecule has 2 heterocycles. The first-order valence-electron chi connectivity index (χ1n) is 6.70. The molecular formula is C15H17N3OS. The van der Waals surface area contributed by atoms with Crippen LogP contribution in [0.15, 0.2) is 35.7 Å². The van der Waals surface area contributed by atoms with Gasteiger partial charge in [-0.3, -0.25) is 4.79 Å². The minimum absolute atomic E-state index is 0.213. The molecule has 1 aromatic carbocycles. The number of carbonyl (C=O) groups excluding carboxylic acids is 1. The van der Waals surface area contributed by atoms with E-state index in [9.17, 15) is 4.79 Å². The fourth-order valence-electron chi connectivity index (χ4n) is 2.38. The first kappa shape index (κ1) is 13.0. The van der Waals surface area contributed by atoms with Crippen LogP contribution >= 0.6 is 11.3 Å². The molecule has 20 heavy (non-hydrogen) atoms. The summed E-state index contributed by atoms with van der Waals surface area (Å²) in [6, 6.07) is 9.90. The van der Waals surface area contributed by atoms with Gasteiger partial charge in [0, 0.05) is 34.9 Å². The molecule has 104 valence electrons. The molecule has 1 aliphatic heterocycles. The highest BCUT2D eigenvalue weighted by atomic mass is 32.1. The molecule has 1 aromatic heterocycles. The maximum atomic E-state index is 11.8. The summed E-state index contributed by atoms with van der Waals surface area (Å²) in [7, 11) is 0.